The molecule has 2 saturated heterocycles. The average Bonchev–Trinajstić information content (AvgIpc) is 3.56. The van der Waals surface area contributed by atoms with Crippen LogP contribution in [0.25, 0.3) is 0 Å². The molecule has 0 bridgehead atoms. The Kier molecular flexibility index (Phi) is 14.2. The summed E-state index contributed by atoms with van der Waals surface area (Å²) in [5, 5.41) is 3.01. The van der Waals surface area contributed by atoms with E-state index in [0.29, 0.717) is 57.8 Å². The lowest BCUT2D eigenvalue weighted by Gasteiger charge is -2.33. The van der Waals surface area contributed by atoms with Crippen molar-refractivity contribution in [3.63, 3.8) is 0 Å². The molecule has 3 fully saturated rings. The molecule has 3 aliphatic rings. The van der Waals surface area contributed by atoms with E-state index in [0.717, 1.165) is 37.5 Å². The lowest BCUT2D eigenvalue weighted by atomic mass is 9.87. The van der Waals surface area contributed by atoms with E-state index < -0.39 is 28.0 Å². The van der Waals surface area contributed by atoms with Crippen LogP contribution in [0.3, 0.4) is 0 Å². The fourth-order valence-electron chi connectivity index (χ4n) is 6.87. The van der Waals surface area contributed by atoms with Crippen molar-refractivity contribution in [3.8, 4) is 0 Å². The van der Waals surface area contributed by atoms with Crippen molar-refractivity contribution in [2.24, 2.45) is 22.6 Å². The number of piperidine rings is 1. The second-order valence-electron chi connectivity index (χ2n) is 13.4. The number of ether oxygens (including phenoxy) is 1. The number of amides is 3. The molecule has 266 valence electrons. The largest absolute Gasteiger partial charge is 0.466 e. The van der Waals surface area contributed by atoms with E-state index in [4.69, 9.17) is 10.5 Å². The topological polar surface area (TPSA) is 181 Å². The van der Waals surface area contributed by atoms with E-state index in [2.05, 4.69) is 15.0 Å². The molecule has 48 heavy (non-hydrogen) atoms. The predicted octanol–water partition coefficient (Wildman–Crippen LogP) is 2.10. The predicted molar refractivity (Wildman–Crippen MR) is 182 cm³/mol. The van der Waals surface area contributed by atoms with Crippen LogP contribution in [0.15, 0.2) is 35.3 Å². The maximum Gasteiger partial charge on any atom is 0.306 e. The van der Waals surface area contributed by atoms with Gasteiger partial charge in [-0.25, -0.2) is 13.1 Å². The number of nitrogens with two attached hydrogens (primary N) is 1. The van der Waals surface area contributed by atoms with Gasteiger partial charge in [0.1, 0.15) is 12.1 Å². The van der Waals surface area contributed by atoms with Gasteiger partial charge in [0.15, 0.2) is 5.96 Å². The number of nitrogens with zero attached hydrogens (tertiary/aromatic N) is 3. The fraction of sp³-hybridized carbons (Fsp3) is 0.676. The number of hydrogen-bond acceptors (Lipinski definition) is 7. The highest BCUT2D eigenvalue weighted by molar-refractivity contribution is 7.88. The van der Waals surface area contributed by atoms with Gasteiger partial charge in [-0.15, -0.1) is 0 Å². The lowest BCUT2D eigenvalue weighted by molar-refractivity contribution is -0.145. The van der Waals surface area contributed by atoms with Gasteiger partial charge in [-0.2, -0.15) is 4.99 Å². The maximum atomic E-state index is 13.5. The number of carbonyl (C=O) groups excluding carboxylic acids is 4. The Bertz CT molecular complexity index is 1380. The zero-order chi connectivity index (χ0) is 34.5. The van der Waals surface area contributed by atoms with Crippen LogP contribution in [0.2, 0.25) is 0 Å². The Balaban J connectivity index is 1.16. The summed E-state index contributed by atoms with van der Waals surface area (Å²) in [6.07, 6.45) is 10.6. The Morgan fingerprint density at radius 2 is 1.67 bits per heavy atom. The maximum absolute atomic E-state index is 13.5. The van der Waals surface area contributed by atoms with Crippen LogP contribution in [-0.2, 0) is 40.4 Å². The van der Waals surface area contributed by atoms with Crippen molar-refractivity contribution in [1.29, 1.82) is 0 Å². The van der Waals surface area contributed by atoms with E-state index in [-0.39, 0.29) is 49.1 Å². The van der Waals surface area contributed by atoms with E-state index >= 15 is 0 Å². The van der Waals surface area contributed by atoms with Gasteiger partial charge in [0, 0.05) is 39.0 Å². The van der Waals surface area contributed by atoms with Crippen molar-refractivity contribution < 1.29 is 32.3 Å². The molecule has 14 heteroatoms. The zero-order valence-corrected chi connectivity index (χ0v) is 28.9. The summed E-state index contributed by atoms with van der Waals surface area (Å²) in [5.41, 5.74) is 6.95. The van der Waals surface area contributed by atoms with Crippen molar-refractivity contribution in [3.05, 3.63) is 35.9 Å². The molecule has 1 aromatic carbocycles. The number of benzene rings is 1. The third-order valence-corrected chi connectivity index (χ3v) is 10.2. The Morgan fingerprint density at radius 1 is 0.958 bits per heavy atom. The first kappa shape index (κ1) is 37.3. The number of rotatable bonds is 14. The van der Waals surface area contributed by atoms with Gasteiger partial charge in [-0.05, 0) is 68.8 Å². The molecule has 2 heterocycles. The third-order valence-electron chi connectivity index (χ3n) is 9.50. The van der Waals surface area contributed by atoms with E-state index in [1.54, 1.807) is 0 Å². The molecular weight excluding hydrogens is 636 g/mol. The van der Waals surface area contributed by atoms with Crippen LogP contribution in [0.4, 0.5) is 0 Å². The van der Waals surface area contributed by atoms with Crippen LogP contribution in [0.5, 0.6) is 0 Å². The zero-order valence-electron chi connectivity index (χ0n) is 28.1. The third kappa shape index (κ3) is 12.2. The molecule has 0 radical (unpaired) electrons. The summed E-state index contributed by atoms with van der Waals surface area (Å²) < 4.78 is 31.9. The highest BCUT2D eigenvalue weighted by Crippen LogP contribution is 2.26. The van der Waals surface area contributed by atoms with Crippen molar-refractivity contribution in [1.82, 2.24) is 19.8 Å². The quantitative estimate of drug-likeness (QED) is 0.114. The number of nitrogens with one attached hydrogen (secondary N) is 2. The van der Waals surface area contributed by atoms with Gasteiger partial charge >= 0.3 is 5.97 Å². The molecule has 0 unspecified atom stereocenters. The molecule has 4 N–H and O–H groups in total. The van der Waals surface area contributed by atoms with E-state index in [9.17, 15) is 27.6 Å². The summed E-state index contributed by atoms with van der Waals surface area (Å²) in [4.78, 5) is 58.6. The molecule has 1 aliphatic carbocycles. The van der Waals surface area contributed by atoms with Gasteiger partial charge in [-0.3, -0.25) is 19.2 Å². The van der Waals surface area contributed by atoms with Crippen molar-refractivity contribution in [2.45, 2.75) is 95.6 Å². The number of guanidine groups is 1. The van der Waals surface area contributed by atoms with Crippen molar-refractivity contribution in [2.75, 3.05) is 39.0 Å². The summed E-state index contributed by atoms with van der Waals surface area (Å²) in [6, 6.07) is 7.51. The van der Waals surface area contributed by atoms with E-state index in [1.165, 1.54) is 24.2 Å². The average molecular weight is 689 g/mol. The van der Waals surface area contributed by atoms with Crippen LogP contribution in [-0.4, -0.2) is 99.0 Å². The number of aliphatic imine (C=N–C) groups is 1. The molecule has 4 rings (SSSR count). The number of hydrogen-bond donors (Lipinski definition) is 3. The summed E-state index contributed by atoms with van der Waals surface area (Å²) in [6.45, 7) is 2.20. The van der Waals surface area contributed by atoms with Gasteiger partial charge in [0.2, 0.25) is 27.7 Å². The second kappa shape index (κ2) is 18.3. The first-order valence-electron chi connectivity index (χ1n) is 17.4. The highest BCUT2D eigenvalue weighted by Gasteiger charge is 2.38. The van der Waals surface area contributed by atoms with Crippen LogP contribution in [0, 0.1) is 11.8 Å². The minimum absolute atomic E-state index is 0.151. The molecule has 0 aromatic heterocycles. The van der Waals surface area contributed by atoms with Crippen LogP contribution < -0.4 is 15.8 Å². The normalized spacial score (nSPS) is 20.4. The molecule has 0 spiro atoms. The standard InChI is InChI=1S/C34H52N6O7S/c1-48(45,46)38-28(22-25-10-4-2-5-11-25)33(44)40-18-8-14-29(40)32(43)36-24-27-16-19-39(20-17-27)34(35)37-30(41)15-9-21-47-31(42)23-26-12-6-3-7-13-26/h2,4-5,10-11,26-29,38H,3,6-9,12-24H2,1H3,(H,36,43)(H2,35,37,41)/t28-,29+/m1/s1. The summed E-state index contributed by atoms with van der Waals surface area (Å²) >= 11 is 0. The van der Waals surface area contributed by atoms with Crippen LogP contribution >= 0.6 is 0 Å². The molecule has 1 aromatic rings. The fourth-order valence-corrected chi connectivity index (χ4v) is 7.57. The molecule has 1 saturated carbocycles. The van der Waals surface area contributed by atoms with Gasteiger partial charge in [0.05, 0.1) is 12.9 Å². The Hall–Kier alpha value is -3.52. The van der Waals surface area contributed by atoms with E-state index in [1.807, 2.05) is 35.2 Å². The number of sulfonamides is 1. The Labute approximate surface area is 284 Å². The summed E-state index contributed by atoms with van der Waals surface area (Å²) in [7, 11) is -3.67. The summed E-state index contributed by atoms with van der Waals surface area (Å²) in [5.74, 6) is -0.409. The van der Waals surface area contributed by atoms with Crippen molar-refractivity contribution >= 4 is 39.7 Å². The lowest BCUT2D eigenvalue weighted by Crippen LogP contribution is -2.54. The van der Waals surface area contributed by atoms with Gasteiger partial charge in [-0.1, -0.05) is 49.6 Å². The first-order valence-corrected chi connectivity index (χ1v) is 19.2. The first-order chi connectivity index (χ1) is 23.0. The molecule has 2 atom stereocenters. The molecule has 2 aliphatic heterocycles. The molecule has 3 amide bonds. The molecule has 13 nitrogen and oxygen atoms in total. The Morgan fingerprint density at radius 3 is 2.35 bits per heavy atom. The number of esters is 1. The minimum atomic E-state index is -3.67. The smallest absolute Gasteiger partial charge is 0.306 e. The molecular formula is C34H52N6O7S. The van der Waals surface area contributed by atoms with Gasteiger partial charge < -0.3 is 25.6 Å². The number of likely N-dealkylation sites (tertiary alicyclic amines) is 2. The SMILES string of the molecule is CS(=O)(=O)N[C@H](Cc1ccccc1)C(=O)N1CCC[C@H]1C(=O)NCC1CCN(C(N)=NC(=O)CCCOC(=O)CC2CCCCC2)CC1. The monoisotopic (exact) mass is 688 g/mol. The minimum Gasteiger partial charge on any atom is -0.466 e. The van der Waals surface area contributed by atoms with Crippen LogP contribution in [0.1, 0.15) is 82.6 Å². The van der Waals surface area contributed by atoms with Gasteiger partial charge in [0.25, 0.3) is 0 Å². The number of carbonyl (C=O) groups is 4. The second-order valence-corrected chi connectivity index (χ2v) is 15.2. The highest BCUT2D eigenvalue weighted by atomic mass is 32.2.